The molecule has 0 spiro atoms. The number of fused-ring (bicyclic) bond motifs is 1. The third kappa shape index (κ3) is 5.37. The predicted octanol–water partition coefficient (Wildman–Crippen LogP) is 1.17. The number of rotatable bonds is 6. The Morgan fingerprint density at radius 3 is 2.40 bits per heavy atom. The average Bonchev–Trinajstić information content (AvgIpc) is 3.38. The van der Waals surface area contributed by atoms with Gasteiger partial charge in [0.05, 0.1) is 6.54 Å². The van der Waals surface area contributed by atoms with E-state index in [1.54, 1.807) is 17.0 Å². The van der Waals surface area contributed by atoms with Gasteiger partial charge in [-0.05, 0) is 43.7 Å². The van der Waals surface area contributed by atoms with Gasteiger partial charge in [-0.2, -0.15) is 0 Å². The average molecular weight is 487 g/mol. The number of carbonyl (C=O) groups excluding carboxylic acids is 3. The van der Waals surface area contributed by atoms with E-state index in [1.165, 1.54) is 0 Å². The molecule has 0 radical (unpaired) electrons. The van der Waals surface area contributed by atoms with Crippen molar-refractivity contribution in [3.8, 4) is 0 Å². The van der Waals surface area contributed by atoms with Gasteiger partial charge in [0.2, 0.25) is 5.91 Å². The minimum absolute atomic E-state index is 0.0190. The summed E-state index contributed by atoms with van der Waals surface area (Å²) in [5.74, 6) is -0.714. The molecule has 192 valence electrons. The summed E-state index contributed by atoms with van der Waals surface area (Å²) in [5, 5.41) is 2.95. The molecule has 35 heavy (non-hydrogen) atoms. The Morgan fingerprint density at radius 2 is 1.80 bits per heavy atom. The fourth-order valence-electron chi connectivity index (χ4n) is 5.12. The number of piperazine rings is 1. The van der Waals surface area contributed by atoms with Crippen LogP contribution in [0.2, 0.25) is 0 Å². The minimum atomic E-state index is -0.804. The SMILES string of the molecule is CCO[C@H]1CN(C(=O)[C@@H](NC(=O)c2ccc(N3CCN(C)CC3)cc2)C(C)(C)C)[C@@H]2C(=O)CO[C@H]12. The summed E-state index contributed by atoms with van der Waals surface area (Å²) in [6.07, 6.45) is -0.802. The van der Waals surface area contributed by atoms with Gasteiger partial charge in [-0.25, -0.2) is 0 Å². The van der Waals surface area contributed by atoms with E-state index in [1.807, 2.05) is 39.8 Å². The highest BCUT2D eigenvalue weighted by Crippen LogP contribution is 2.32. The molecule has 1 N–H and O–H groups in total. The zero-order chi connectivity index (χ0) is 25.3. The summed E-state index contributed by atoms with van der Waals surface area (Å²) >= 11 is 0. The maximum absolute atomic E-state index is 13.7. The number of likely N-dealkylation sites (tertiary alicyclic amines) is 1. The van der Waals surface area contributed by atoms with Gasteiger partial charge in [0, 0.05) is 44.0 Å². The number of hydrogen-bond donors (Lipinski definition) is 1. The van der Waals surface area contributed by atoms with Crippen LogP contribution in [0.15, 0.2) is 24.3 Å². The summed E-state index contributed by atoms with van der Waals surface area (Å²) < 4.78 is 11.4. The molecule has 3 saturated heterocycles. The summed E-state index contributed by atoms with van der Waals surface area (Å²) in [6, 6.07) is 6.06. The summed E-state index contributed by atoms with van der Waals surface area (Å²) in [7, 11) is 2.12. The van der Waals surface area contributed by atoms with E-state index in [2.05, 4.69) is 22.2 Å². The first-order chi connectivity index (χ1) is 16.6. The Kier molecular flexibility index (Phi) is 7.49. The van der Waals surface area contributed by atoms with Gasteiger partial charge >= 0.3 is 0 Å². The second kappa shape index (κ2) is 10.2. The first-order valence-corrected chi connectivity index (χ1v) is 12.5. The molecule has 0 saturated carbocycles. The second-order valence-electron chi connectivity index (χ2n) is 10.8. The predicted molar refractivity (Wildman–Crippen MR) is 133 cm³/mol. The van der Waals surface area contributed by atoms with Crippen molar-refractivity contribution in [2.75, 3.05) is 57.9 Å². The lowest BCUT2D eigenvalue weighted by Crippen LogP contribution is -2.57. The van der Waals surface area contributed by atoms with Crippen molar-refractivity contribution in [3.05, 3.63) is 29.8 Å². The molecule has 0 unspecified atom stereocenters. The lowest BCUT2D eigenvalue weighted by Gasteiger charge is -2.35. The molecule has 2 amide bonds. The van der Waals surface area contributed by atoms with E-state index in [-0.39, 0.29) is 36.9 Å². The van der Waals surface area contributed by atoms with Gasteiger partial charge in [-0.15, -0.1) is 0 Å². The van der Waals surface area contributed by atoms with E-state index in [4.69, 9.17) is 9.47 Å². The number of Topliss-reactive ketones (excluding diaryl/α,β-unsaturated/α-hetero) is 1. The van der Waals surface area contributed by atoms with Crippen molar-refractivity contribution >= 4 is 23.3 Å². The molecule has 0 bridgehead atoms. The summed E-state index contributed by atoms with van der Waals surface area (Å²) in [4.78, 5) is 45.6. The standard InChI is InChI=1S/C26H38N4O5/c1-6-34-20-15-30(21-19(31)16-35-22(20)21)25(33)23(26(2,3)4)27-24(32)17-7-9-18(10-8-17)29-13-11-28(5)12-14-29/h7-10,20-23H,6,11-16H2,1-5H3,(H,27,32)/t20-,21+,22+,23+/m0/s1. The second-order valence-corrected chi connectivity index (χ2v) is 10.8. The van der Waals surface area contributed by atoms with Crippen molar-refractivity contribution in [1.29, 1.82) is 0 Å². The molecule has 0 aliphatic carbocycles. The molecule has 3 heterocycles. The Bertz CT molecular complexity index is 936. The van der Waals surface area contributed by atoms with Gasteiger partial charge < -0.3 is 29.5 Å². The molecular weight excluding hydrogens is 448 g/mol. The van der Waals surface area contributed by atoms with E-state index < -0.39 is 23.6 Å². The Hall–Kier alpha value is -2.49. The van der Waals surface area contributed by atoms with Gasteiger partial charge in [-0.3, -0.25) is 14.4 Å². The van der Waals surface area contributed by atoms with Gasteiger partial charge in [0.15, 0.2) is 5.78 Å². The van der Waals surface area contributed by atoms with Crippen molar-refractivity contribution < 1.29 is 23.9 Å². The van der Waals surface area contributed by atoms with Gasteiger partial charge in [0.1, 0.15) is 30.9 Å². The highest BCUT2D eigenvalue weighted by molar-refractivity contribution is 5.99. The Balaban J connectivity index is 1.48. The number of nitrogens with zero attached hydrogens (tertiary/aromatic N) is 3. The number of ketones is 1. The molecule has 3 aliphatic heterocycles. The third-order valence-electron chi connectivity index (χ3n) is 7.19. The highest BCUT2D eigenvalue weighted by atomic mass is 16.6. The topological polar surface area (TPSA) is 91.4 Å². The van der Waals surface area contributed by atoms with Crippen LogP contribution < -0.4 is 10.2 Å². The largest absolute Gasteiger partial charge is 0.374 e. The molecule has 0 aromatic heterocycles. The van der Waals surface area contributed by atoms with Crippen LogP contribution in [-0.4, -0.2) is 105 Å². The Morgan fingerprint density at radius 1 is 1.14 bits per heavy atom. The molecule has 4 rings (SSSR count). The fourth-order valence-corrected chi connectivity index (χ4v) is 5.12. The lowest BCUT2D eigenvalue weighted by atomic mass is 9.85. The van der Waals surface area contributed by atoms with Crippen molar-refractivity contribution in [2.45, 2.75) is 52.0 Å². The lowest BCUT2D eigenvalue weighted by molar-refractivity contribution is -0.140. The number of likely N-dealkylation sites (N-methyl/N-ethyl adjacent to an activating group) is 1. The van der Waals surface area contributed by atoms with Crippen LogP contribution in [0, 0.1) is 5.41 Å². The first kappa shape index (κ1) is 25.6. The molecule has 9 heteroatoms. The van der Waals surface area contributed by atoms with Crippen molar-refractivity contribution in [1.82, 2.24) is 15.1 Å². The zero-order valence-electron chi connectivity index (χ0n) is 21.5. The van der Waals surface area contributed by atoms with Crippen LogP contribution in [0.1, 0.15) is 38.1 Å². The quantitative estimate of drug-likeness (QED) is 0.645. The normalized spacial score (nSPS) is 26.1. The van der Waals surface area contributed by atoms with Gasteiger partial charge in [0.25, 0.3) is 5.91 Å². The van der Waals surface area contributed by atoms with E-state index in [9.17, 15) is 14.4 Å². The number of anilines is 1. The van der Waals surface area contributed by atoms with Gasteiger partial charge in [-0.1, -0.05) is 20.8 Å². The fraction of sp³-hybridized carbons (Fsp3) is 0.654. The summed E-state index contributed by atoms with van der Waals surface area (Å²) in [5.41, 5.74) is 1.02. The molecule has 3 fully saturated rings. The van der Waals surface area contributed by atoms with Crippen LogP contribution >= 0.6 is 0 Å². The first-order valence-electron chi connectivity index (χ1n) is 12.5. The van der Waals surface area contributed by atoms with Crippen LogP contribution in [0.25, 0.3) is 0 Å². The Labute approximate surface area is 207 Å². The van der Waals surface area contributed by atoms with Crippen molar-refractivity contribution in [3.63, 3.8) is 0 Å². The van der Waals surface area contributed by atoms with E-state index in [0.717, 1.165) is 31.9 Å². The number of ether oxygens (including phenoxy) is 2. The molecule has 3 aliphatic rings. The maximum Gasteiger partial charge on any atom is 0.251 e. The highest BCUT2D eigenvalue weighted by Gasteiger charge is 2.54. The number of benzene rings is 1. The zero-order valence-corrected chi connectivity index (χ0v) is 21.5. The summed E-state index contributed by atoms with van der Waals surface area (Å²) in [6.45, 7) is 12.2. The number of amides is 2. The number of nitrogens with one attached hydrogen (secondary N) is 1. The van der Waals surface area contributed by atoms with Crippen LogP contribution in [0.5, 0.6) is 0 Å². The minimum Gasteiger partial charge on any atom is -0.374 e. The van der Waals surface area contributed by atoms with Crippen LogP contribution in [0.4, 0.5) is 5.69 Å². The van der Waals surface area contributed by atoms with E-state index >= 15 is 0 Å². The van der Waals surface area contributed by atoms with Crippen LogP contribution in [0.3, 0.4) is 0 Å². The molecule has 9 nitrogen and oxygen atoms in total. The molecule has 1 aromatic carbocycles. The maximum atomic E-state index is 13.7. The van der Waals surface area contributed by atoms with Crippen LogP contribution in [-0.2, 0) is 19.1 Å². The smallest absolute Gasteiger partial charge is 0.251 e. The molecular formula is C26H38N4O5. The monoisotopic (exact) mass is 486 g/mol. The third-order valence-corrected chi connectivity index (χ3v) is 7.19. The van der Waals surface area contributed by atoms with E-state index in [0.29, 0.717) is 12.2 Å². The van der Waals surface area contributed by atoms with Crippen molar-refractivity contribution in [2.24, 2.45) is 5.41 Å². The molecule has 1 aromatic rings. The number of carbonyl (C=O) groups is 3. The molecule has 4 atom stereocenters. The number of hydrogen-bond acceptors (Lipinski definition) is 7.